The fourth-order valence-corrected chi connectivity index (χ4v) is 2.80. The van der Waals surface area contributed by atoms with E-state index in [0.717, 1.165) is 26.6 Å². The normalized spacial score (nSPS) is 10.7. The Kier molecular flexibility index (Phi) is 3.90. The third kappa shape index (κ3) is 2.96. The fourth-order valence-electron chi connectivity index (χ4n) is 1.94. The molecule has 1 amide bonds. The number of carbonyl (C=O) groups excluding carboxylic acids is 1. The summed E-state index contributed by atoms with van der Waals surface area (Å²) in [6, 6.07) is 3.93. The lowest BCUT2D eigenvalue weighted by atomic mass is 10.2. The predicted molar refractivity (Wildman–Crippen MR) is 80.7 cm³/mol. The lowest BCUT2D eigenvalue weighted by molar-refractivity contribution is -0.120. The highest BCUT2D eigenvalue weighted by Crippen LogP contribution is 2.31. The molecule has 0 bridgehead atoms. The maximum Gasteiger partial charge on any atom is 0.221 e. The molecule has 0 saturated heterocycles. The molecular formula is C13H18N4OS. The van der Waals surface area contributed by atoms with Crippen molar-refractivity contribution >= 4 is 38.8 Å². The zero-order valence-electron chi connectivity index (χ0n) is 11.4. The molecule has 0 saturated carbocycles. The molecule has 1 aromatic heterocycles. The lowest BCUT2D eigenvalue weighted by Gasteiger charge is -2.20. The Balaban J connectivity index is 2.23. The van der Waals surface area contributed by atoms with Crippen LogP contribution in [0.5, 0.6) is 0 Å². The average Bonchev–Trinajstić information content (AvgIpc) is 2.73. The van der Waals surface area contributed by atoms with Crippen molar-refractivity contribution in [1.82, 2.24) is 10.3 Å². The molecule has 19 heavy (non-hydrogen) atoms. The Hall–Kier alpha value is -1.82. The molecule has 2 aromatic rings. The number of anilines is 2. The first-order valence-corrected chi connectivity index (χ1v) is 6.91. The lowest BCUT2D eigenvalue weighted by Crippen LogP contribution is -2.26. The second-order valence-corrected chi connectivity index (χ2v) is 5.69. The zero-order chi connectivity index (χ0) is 14.0. The molecule has 5 nitrogen and oxygen atoms in total. The number of aryl methyl sites for hydroxylation is 1. The van der Waals surface area contributed by atoms with Gasteiger partial charge in [-0.05, 0) is 19.1 Å². The molecular weight excluding hydrogens is 260 g/mol. The quantitative estimate of drug-likeness (QED) is 0.836. The Labute approximate surface area is 116 Å². The number of nitrogen functional groups attached to an aromatic ring is 1. The van der Waals surface area contributed by atoms with Crippen LogP contribution in [-0.4, -0.2) is 31.5 Å². The van der Waals surface area contributed by atoms with Crippen molar-refractivity contribution in [3.8, 4) is 0 Å². The largest absolute Gasteiger partial charge is 0.397 e. The Bertz CT molecular complexity index is 608. The topological polar surface area (TPSA) is 71.2 Å². The van der Waals surface area contributed by atoms with E-state index < -0.39 is 0 Å². The minimum absolute atomic E-state index is 0.0241. The van der Waals surface area contributed by atoms with Crippen LogP contribution in [-0.2, 0) is 4.79 Å². The third-order valence-corrected chi connectivity index (χ3v) is 3.94. The molecule has 3 N–H and O–H groups in total. The number of hydrogen-bond donors (Lipinski definition) is 2. The maximum absolute atomic E-state index is 11.3. The van der Waals surface area contributed by atoms with Gasteiger partial charge >= 0.3 is 0 Å². The smallest absolute Gasteiger partial charge is 0.221 e. The van der Waals surface area contributed by atoms with Gasteiger partial charge in [0.05, 0.1) is 26.6 Å². The summed E-state index contributed by atoms with van der Waals surface area (Å²) >= 11 is 1.63. The number of nitrogens with two attached hydrogens (primary N) is 1. The van der Waals surface area contributed by atoms with E-state index in [9.17, 15) is 4.79 Å². The second-order valence-electron chi connectivity index (χ2n) is 4.46. The molecule has 0 aliphatic rings. The van der Waals surface area contributed by atoms with Crippen LogP contribution in [0.2, 0.25) is 0 Å². The van der Waals surface area contributed by atoms with Gasteiger partial charge < -0.3 is 16.0 Å². The number of fused-ring (bicyclic) bond motifs is 1. The van der Waals surface area contributed by atoms with Gasteiger partial charge in [0.1, 0.15) is 0 Å². The van der Waals surface area contributed by atoms with Crippen molar-refractivity contribution in [2.24, 2.45) is 0 Å². The summed E-state index contributed by atoms with van der Waals surface area (Å²) in [5.41, 5.74) is 8.67. The van der Waals surface area contributed by atoms with Gasteiger partial charge in [-0.25, -0.2) is 4.98 Å². The van der Waals surface area contributed by atoms with Crippen LogP contribution in [0, 0.1) is 6.92 Å². The van der Waals surface area contributed by atoms with Gasteiger partial charge in [0.2, 0.25) is 5.91 Å². The minimum atomic E-state index is 0.0241. The molecule has 0 aliphatic carbocycles. The van der Waals surface area contributed by atoms with Crippen molar-refractivity contribution in [1.29, 1.82) is 0 Å². The first kappa shape index (κ1) is 13.6. The summed E-state index contributed by atoms with van der Waals surface area (Å²) < 4.78 is 1.10. The number of rotatable bonds is 4. The SMILES string of the molecule is CNC(=O)CCN(C)c1cc2nc(C)sc2cc1N. The average molecular weight is 278 g/mol. The van der Waals surface area contributed by atoms with Crippen LogP contribution in [0.15, 0.2) is 12.1 Å². The van der Waals surface area contributed by atoms with Crippen molar-refractivity contribution in [2.75, 3.05) is 31.3 Å². The molecule has 0 unspecified atom stereocenters. The molecule has 6 heteroatoms. The molecule has 102 valence electrons. The van der Waals surface area contributed by atoms with E-state index in [0.29, 0.717) is 13.0 Å². The number of carbonyl (C=O) groups is 1. The number of nitrogens with one attached hydrogen (secondary N) is 1. The summed E-state index contributed by atoms with van der Waals surface area (Å²) in [6.07, 6.45) is 0.445. The summed E-state index contributed by atoms with van der Waals surface area (Å²) in [4.78, 5) is 17.7. The van der Waals surface area contributed by atoms with Crippen LogP contribution >= 0.6 is 11.3 Å². The van der Waals surface area contributed by atoms with E-state index in [1.165, 1.54) is 0 Å². The van der Waals surface area contributed by atoms with Gasteiger partial charge in [0.15, 0.2) is 0 Å². The number of nitrogens with zero attached hydrogens (tertiary/aromatic N) is 2. The monoisotopic (exact) mass is 278 g/mol. The standard InChI is InChI=1S/C13H18N4OS/c1-8-16-10-7-11(9(14)6-12(10)19-8)17(3)5-4-13(18)15-2/h6-7H,4-5,14H2,1-3H3,(H,15,18). The van der Waals surface area contributed by atoms with Crippen molar-refractivity contribution in [3.63, 3.8) is 0 Å². The molecule has 0 fully saturated rings. The first-order valence-electron chi connectivity index (χ1n) is 6.09. The van der Waals surface area contributed by atoms with Crippen LogP contribution in [0.4, 0.5) is 11.4 Å². The van der Waals surface area contributed by atoms with E-state index in [1.54, 1.807) is 18.4 Å². The summed E-state index contributed by atoms with van der Waals surface area (Å²) in [5, 5.41) is 3.64. The number of hydrogen-bond acceptors (Lipinski definition) is 5. The van der Waals surface area contributed by atoms with E-state index in [2.05, 4.69) is 10.3 Å². The number of thiazole rings is 1. The van der Waals surface area contributed by atoms with Gasteiger partial charge in [-0.3, -0.25) is 4.79 Å². The first-order chi connectivity index (χ1) is 9.01. The van der Waals surface area contributed by atoms with E-state index in [-0.39, 0.29) is 5.91 Å². The van der Waals surface area contributed by atoms with Gasteiger partial charge in [-0.15, -0.1) is 11.3 Å². The summed E-state index contributed by atoms with van der Waals surface area (Å²) in [7, 11) is 3.57. The van der Waals surface area contributed by atoms with Crippen LogP contribution in [0.3, 0.4) is 0 Å². The third-order valence-electron chi connectivity index (χ3n) is 3.01. The second kappa shape index (κ2) is 5.44. The van der Waals surface area contributed by atoms with Gasteiger partial charge in [0, 0.05) is 27.1 Å². The highest BCUT2D eigenvalue weighted by molar-refractivity contribution is 7.18. The number of aromatic nitrogens is 1. The van der Waals surface area contributed by atoms with E-state index in [1.807, 2.05) is 31.0 Å². The van der Waals surface area contributed by atoms with Crippen LogP contribution in [0.1, 0.15) is 11.4 Å². The summed E-state index contributed by atoms with van der Waals surface area (Å²) in [5.74, 6) is 0.0241. The molecule has 2 rings (SSSR count). The van der Waals surface area contributed by atoms with Crippen molar-refractivity contribution in [2.45, 2.75) is 13.3 Å². The Morgan fingerprint density at radius 1 is 1.53 bits per heavy atom. The highest BCUT2D eigenvalue weighted by Gasteiger charge is 2.11. The molecule has 0 spiro atoms. The number of benzene rings is 1. The molecule has 1 aromatic carbocycles. The van der Waals surface area contributed by atoms with Crippen LogP contribution in [0.25, 0.3) is 10.2 Å². The van der Waals surface area contributed by atoms with Crippen molar-refractivity contribution in [3.05, 3.63) is 17.1 Å². The number of amides is 1. The Morgan fingerprint density at radius 3 is 2.95 bits per heavy atom. The Morgan fingerprint density at radius 2 is 2.26 bits per heavy atom. The minimum Gasteiger partial charge on any atom is -0.397 e. The maximum atomic E-state index is 11.3. The van der Waals surface area contributed by atoms with Gasteiger partial charge in [-0.1, -0.05) is 0 Å². The van der Waals surface area contributed by atoms with E-state index in [4.69, 9.17) is 5.73 Å². The molecule has 1 heterocycles. The predicted octanol–water partition coefficient (Wildman–Crippen LogP) is 1.76. The summed E-state index contributed by atoms with van der Waals surface area (Å²) in [6.45, 7) is 2.61. The highest BCUT2D eigenvalue weighted by atomic mass is 32.1. The van der Waals surface area contributed by atoms with Crippen LogP contribution < -0.4 is 16.0 Å². The molecule has 0 atom stereocenters. The van der Waals surface area contributed by atoms with Gasteiger partial charge in [-0.2, -0.15) is 0 Å². The fraction of sp³-hybridized carbons (Fsp3) is 0.385. The van der Waals surface area contributed by atoms with Gasteiger partial charge in [0.25, 0.3) is 0 Å². The molecule has 0 radical (unpaired) electrons. The molecule has 0 aliphatic heterocycles. The van der Waals surface area contributed by atoms with Crippen molar-refractivity contribution < 1.29 is 4.79 Å². The zero-order valence-corrected chi connectivity index (χ0v) is 12.2. The van der Waals surface area contributed by atoms with E-state index >= 15 is 0 Å².